The molecule has 8 fully saturated rings. The molecule has 4 saturated heterocycles. The summed E-state index contributed by atoms with van der Waals surface area (Å²) in [6.45, 7) is 0.213. The van der Waals surface area contributed by atoms with Crippen molar-refractivity contribution >= 4 is 0 Å². The molecular weight excluding hydrogens is 192 g/mol. The molecule has 9 atom stereocenters. The Kier molecular flexibility index (Phi) is 1.21. The van der Waals surface area contributed by atoms with Gasteiger partial charge in [0.25, 0.3) is 0 Å². The van der Waals surface area contributed by atoms with Gasteiger partial charge in [-0.05, 0) is 36.5 Å². The van der Waals surface area contributed by atoms with Crippen molar-refractivity contribution in [3.05, 3.63) is 0 Å². The molecule has 9 unspecified atom stereocenters. The average Bonchev–Trinajstić information content (AvgIpc) is 2.83. The lowest BCUT2D eigenvalue weighted by Crippen LogP contribution is -2.69. The predicted molar refractivity (Wildman–Crippen MR) is 51.1 cm³/mol. The summed E-state index contributed by atoms with van der Waals surface area (Å²) in [4.78, 5) is 0. The molecule has 4 aliphatic carbocycles. The van der Waals surface area contributed by atoms with Crippen LogP contribution in [0.4, 0.5) is 0 Å². The third-order valence-electron chi connectivity index (χ3n) is 5.90. The second kappa shape index (κ2) is 2.27. The molecule has 15 heavy (non-hydrogen) atoms. The molecule has 0 amide bonds. The molecule has 0 spiro atoms. The Morgan fingerprint density at radius 2 is 1.67 bits per heavy atom. The van der Waals surface area contributed by atoms with Gasteiger partial charge in [-0.15, -0.1) is 0 Å². The number of hydrogen-bond donors (Lipinski definition) is 1. The van der Waals surface area contributed by atoms with E-state index in [9.17, 15) is 5.11 Å². The Bertz CT molecular complexity index is 329. The van der Waals surface area contributed by atoms with E-state index >= 15 is 0 Å². The van der Waals surface area contributed by atoms with E-state index in [1.165, 1.54) is 12.8 Å². The molecular formula is C12H16O3. The first-order chi connectivity index (χ1) is 7.40. The van der Waals surface area contributed by atoms with E-state index in [4.69, 9.17) is 9.47 Å². The monoisotopic (exact) mass is 208 g/mol. The van der Waals surface area contributed by atoms with Gasteiger partial charge in [-0.2, -0.15) is 0 Å². The highest BCUT2D eigenvalue weighted by molar-refractivity contribution is 5.22. The van der Waals surface area contributed by atoms with Gasteiger partial charge in [-0.1, -0.05) is 0 Å². The second-order valence-electron chi connectivity index (χ2n) is 6.02. The van der Waals surface area contributed by atoms with Crippen LogP contribution in [0, 0.1) is 29.6 Å². The maximum Gasteiger partial charge on any atom is 0.0900 e. The van der Waals surface area contributed by atoms with E-state index < -0.39 is 0 Å². The van der Waals surface area contributed by atoms with Crippen LogP contribution in [0.15, 0.2) is 0 Å². The molecule has 3 nitrogen and oxygen atoms in total. The van der Waals surface area contributed by atoms with E-state index in [1.54, 1.807) is 0 Å². The fraction of sp³-hybridized carbons (Fsp3) is 1.00. The van der Waals surface area contributed by atoms with Crippen molar-refractivity contribution in [3.8, 4) is 0 Å². The van der Waals surface area contributed by atoms with Gasteiger partial charge in [0.15, 0.2) is 0 Å². The Morgan fingerprint density at radius 1 is 0.867 bits per heavy atom. The van der Waals surface area contributed by atoms with Gasteiger partial charge in [-0.25, -0.2) is 0 Å². The summed E-state index contributed by atoms with van der Waals surface area (Å²) in [5.41, 5.74) is 0. The Labute approximate surface area is 88.7 Å². The van der Waals surface area contributed by atoms with Crippen molar-refractivity contribution in [3.63, 3.8) is 0 Å². The van der Waals surface area contributed by atoms with Gasteiger partial charge in [0.2, 0.25) is 0 Å². The molecule has 8 rings (SSSR count). The second-order valence-corrected chi connectivity index (χ2v) is 6.02. The molecule has 4 aliphatic heterocycles. The highest BCUT2D eigenvalue weighted by Gasteiger charge is 2.75. The third kappa shape index (κ3) is 0.650. The minimum Gasteiger partial charge on any atom is -0.394 e. The maximum atomic E-state index is 9.40. The molecule has 8 aliphatic rings. The van der Waals surface area contributed by atoms with Crippen molar-refractivity contribution in [2.24, 2.45) is 29.6 Å². The fourth-order valence-electron chi connectivity index (χ4n) is 5.72. The van der Waals surface area contributed by atoms with Crippen LogP contribution >= 0.6 is 0 Å². The Morgan fingerprint density at radius 3 is 2.53 bits per heavy atom. The van der Waals surface area contributed by atoms with Crippen LogP contribution in [-0.4, -0.2) is 36.1 Å². The topological polar surface area (TPSA) is 38.7 Å². The molecule has 0 radical (unpaired) electrons. The van der Waals surface area contributed by atoms with E-state index in [0.29, 0.717) is 30.1 Å². The highest BCUT2D eigenvalue weighted by Crippen LogP contribution is 2.69. The zero-order chi connectivity index (χ0) is 9.73. The molecule has 0 aromatic heterocycles. The van der Waals surface area contributed by atoms with E-state index in [1.807, 2.05) is 0 Å². The van der Waals surface area contributed by atoms with Crippen LogP contribution in [0.25, 0.3) is 0 Å². The summed E-state index contributed by atoms with van der Waals surface area (Å²) >= 11 is 0. The summed E-state index contributed by atoms with van der Waals surface area (Å²) < 4.78 is 12.1. The van der Waals surface area contributed by atoms with Crippen LogP contribution < -0.4 is 0 Å². The number of rotatable bonds is 1. The summed E-state index contributed by atoms with van der Waals surface area (Å²) in [6, 6.07) is 0. The molecule has 0 aromatic rings. The standard InChI is InChI=1S/C12H16O3/c13-3-6-7-4-1-2-5-8(7)11-12(14-6)9(4)10(5)15-11/h4-13H,1-3H2. The number of aliphatic hydroxyl groups excluding tert-OH is 1. The number of ether oxygens (including phenoxy) is 2. The van der Waals surface area contributed by atoms with Crippen LogP contribution in [0.5, 0.6) is 0 Å². The summed E-state index contributed by atoms with van der Waals surface area (Å²) in [5.74, 6) is 3.65. The first-order valence-electron chi connectivity index (χ1n) is 6.32. The van der Waals surface area contributed by atoms with E-state index in [-0.39, 0.29) is 12.7 Å². The van der Waals surface area contributed by atoms with Crippen molar-refractivity contribution in [1.29, 1.82) is 0 Å². The third-order valence-corrected chi connectivity index (χ3v) is 5.90. The fourth-order valence-corrected chi connectivity index (χ4v) is 5.72. The van der Waals surface area contributed by atoms with Crippen molar-refractivity contribution in [1.82, 2.24) is 0 Å². The lowest BCUT2D eigenvalue weighted by Gasteiger charge is -2.63. The predicted octanol–water partition coefficient (Wildman–Crippen LogP) is 0.415. The average molecular weight is 208 g/mol. The van der Waals surface area contributed by atoms with Gasteiger partial charge < -0.3 is 14.6 Å². The van der Waals surface area contributed by atoms with Crippen molar-refractivity contribution in [2.45, 2.75) is 37.3 Å². The minimum atomic E-state index is 0.128. The molecule has 4 heterocycles. The summed E-state index contributed by atoms with van der Waals surface area (Å²) in [6.07, 6.45) is 4.12. The van der Waals surface area contributed by atoms with Crippen LogP contribution in [-0.2, 0) is 9.47 Å². The lowest BCUT2D eigenvalue weighted by atomic mass is 9.45. The van der Waals surface area contributed by atoms with Gasteiger partial charge in [0, 0.05) is 5.92 Å². The SMILES string of the molecule is OCC1OC2C3OC4C5CCC(C42)C1C53. The molecule has 82 valence electrons. The molecule has 4 saturated carbocycles. The lowest BCUT2D eigenvalue weighted by molar-refractivity contribution is -0.260. The smallest absolute Gasteiger partial charge is 0.0900 e. The molecule has 3 heteroatoms. The van der Waals surface area contributed by atoms with Gasteiger partial charge >= 0.3 is 0 Å². The number of fused-ring (bicyclic) bond motifs is 2. The molecule has 8 bridgehead atoms. The Balaban J connectivity index is 1.68. The van der Waals surface area contributed by atoms with Crippen LogP contribution in [0.2, 0.25) is 0 Å². The van der Waals surface area contributed by atoms with E-state index in [2.05, 4.69) is 0 Å². The maximum absolute atomic E-state index is 9.40. The normalized spacial score (nSPS) is 72.2. The largest absolute Gasteiger partial charge is 0.394 e. The summed E-state index contributed by atoms with van der Waals surface area (Å²) in [7, 11) is 0. The first-order valence-corrected chi connectivity index (χ1v) is 6.32. The van der Waals surface area contributed by atoms with Crippen molar-refractivity contribution in [2.75, 3.05) is 6.61 Å². The number of aliphatic hydroxyl groups is 1. The van der Waals surface area contributed by atoms with Crippen LogP contribution in [0.1, 0.15) is 12.8 Å². The zero-order valence-electron chi connectivity index (χ0n) is 8.58. The first kappa shape index (κ1) is 8.04. The Hall–Kier alpha value is -0.120. The molecule has 0 aromatic carbocycles. The van der Waals surface area contributed by atoms with Crippen LogP contribution in [0.3, 0.4) is 0 Å². The number of hydrogen-bond acceptors (Lipinski definition) is 3. The minimum absolute atomic E-state index is 0.128. The van der Waals surface area contributed by atoms with Gasteiger partial charge in [0.05, 0.1) is 31.0 Å². The highest BCUT2D eigenvalue weighted by atomic mass is 16.6. The van der Waals surface area contributed by atoms with E-state index in [0.717, 1.165) is 17.8 Å². The zero-order valence-corrected chi connectivity index (χ0v) is 8.58. The molecule has 1 N–H and O–H groups in total. The van der Waals surface area contributed by atoms with Gasteiger partial charge in [-0.3, -0.25) is 0 Å². The quantitative estimate of drug-likeness (QED) is 0.678. The van der Waals surface area contributed by atoms with Gasteiger partial charge in [0.1, 0.15) is 0 Å². The summed E-state index contributed by atoms with van der Waals surface area (Å²) in [5, 5.41) is 9.40. The van der Waals surface area contributed by atoms with Crippen molar-refractivity contribution < 1.29 is 14.6 Å².